The predicted octanol–water partition coefficient (Wildman–Crippen LogP) is 7.94. The average molecular weight is 726 g/mol. The Morgan fingerprint density at radius 1 is 1.05 bits per heavy atom. The van der Waals surface area contributed by atoms with Crippen LogP contribution in [0.4, 0.5) is 0 Å². The van der Waals surface area contributed by atoms with Gasteiger partial charge < -0.3 is 19.4 Å². The van der Waals surface area contributed by atoms with Crippen molar-refractivity contribution in [3.63, 3.8) is 0 Å². The molecule has 1 N–H and O–H groups in total. The van der Waals surface area contributed by atoms with Crippen LogP contribution >= 0.6 is 45.2 Å². The van der Waals surface area contributed by atoms with E-state index >= 15 is 0 Å². The minimum Gasteiger partial charge on any atom is -0.490 e. The van der Waals surface area contributed by atoms with E-state index in [0.717, 1.165) is 74.9 Å². The van der Waals surface area contributed by atoms with Crippen LogP contribution in [0.3, 0.4) is 0 Å². The number of ether oxygens (including phenoxy) is 1. The number of ketones is 1. The highest BCUT2D eigenvalue weighted by Crippen LogP contribution is 2.33. The second-order valence-electron chi connectivity index (χ2n) is 8.68. The van der Waals surface area contributed by atoms with Crippen LogP contribution in [-0.2, 0) is 6.42 Å². The molecule has 7 heteroatoms. The van der Waals surface area contributed by atoms with Crippen LogP contribution in [0.25, 0.3) is 11.0 Å². The molecule has 0 unspecified atom stereocenters. The topological polar surface area (TPSA) is 54.7 Å². The smallest absolute Gasteiger partial charge is 0.197 e. The second kappa shape index (κ2) is 15.5. The summed E-state index contributed by atoms with van der Waals surface area (Å²) in [6.45, 7) is 10.0. The SMILES string of the molecule is C1=CNC=CC1.CCCCc1oc2ccccc2c1C(=O)c1cc(I)c(OCCN(CC)CC)c(I)c1. The van der Waals surface area contributed by atoms with Gasteiger partial charge >= 0.3 is 0 Å². The van der Waals surface area contributed by atoms with Gasteiger partial charge in [0, 0.05) is 23.9 Å². The van der Waals surface area contributed by atoms with Crippen molar-refractivity contribution in [2.24, 2.45) is 0 Å². The van der Waals surface area contributed by atoms with E-state index in [1.807, 2.05) is 48.8 Å². The van der Waals surface area contributed by atoms with E-state index in [1.54, 1.807) is 0 Å². The third-order valence-corrected chi connectivity index (χ3v) is 7.76. The first-order valence-electron chi connectivity index (χ1n) is 12.9. The number of fused-ring (bicyclic) bond motifs is 1. The number of benzene rings is 2. The molecule has 5 nitrogen and oxygen atoms in total. The van der Waals surface area contributed by atoms with Crippen molar-refractivity contribution in [3.8, 4) is 5.75 Å². The molecule has 1 aliphatic rings. The number of carbonyl (C=O) groups excluding carboxylic acids is 1. The van der Waals surface area contributed by atoms with E-state index in [4.69, 9.17) is 9.15 Å². The third-order valence-electron chi connectivity index (χ3n) is 6.16. The Hall–Kier alpha value is -1.85. The van der Waals surface area contributed by atoms with Crippen molar-refractivity contribution in [2.45, 2.75) is 46.5 Å². The number of rotatable bonds is 11. The molecule has 2 heterocycles. The van der Waals surface area contributed by atoms with Crippen molar-refractivity contribution < 1.29 is 13.9 Å². The lowest BCUT2D eigenvalue weighted by atomic mass is 9.98. The molecule has 37 heavy (non-hydrogen) atoms. The number of hydrogen-bond donors (Lipinski definition) is 1. The molecular weight excluding hydrogens is 690 g/mol. The van der Waals surface area contributed by atoms with Gasteiger partial charge in [-0.2, -0.15) is 0 Å². The van der Waals surface area contributed by atoms with Gasteiger partial charge in [-0.25, -0.2) is 0 Å². The molecule has 0 bridgehead atoms. The quantitative estimate of drug-likeness (QED) is 0.161. The Morgan fingerprint density at radius 3 is 2.30 bits per heavy atom. The maximum absolute atomic E-state index is 13.6. The van der Waals surface area contributed by atoms with Gasteiger partial charge in [0.1, 0.15) is 23.7 Å². The van der Waals surface area contributed by atoms with E-state index in [9.17, 15) is 4.79 Å². The zero-order chi connectivity index (χ0) is 26.6. The molecule has 1 aromatic heterocycles. The summed E-state index contributed by atoms with van der Waals surface area (Å²) in [5.41, 5.74) is 2.15. The maximum atomic E-state index is 13.6. The van der Waals surface area contributed by atoms with Crippen molar-refractivity contribution in [2.75, 3.05) is 26.2 Å². The number of hydrogen-bond acceptors (Lipinski definition) is 5. The third kappa shape index (κ3) is 8.32. The summed E-state index contributed by atoms with van der Waals surface area (Å²) >= 11 is 4.54. The Balaban J connectivity index is 0.000000555. The minimum absolute atomic E-state index is 0.0153. The molecule has 1 aliphatic heterocycles. The number of carbonyl (C=O) groups is 1. The van der Waals surface area contributed by atoms with Crippen LogP contribution in [0.15, 0.2) is 65.4 Å². The zero-order valence-corrected chi connectivity index (χ0v) is 26.2. The molecule has 0 spiro atoms. The number of halogens is 2. The number of unbranched alkanes of at least 4 members (excludes halogenated alkanes) is 1. The summed E-state index contributed by atoms with van der Waals surface area (Å²) in [6.07, 6.45) is 11.9. The van der Waals surface area contributed by atoms with E-state index in [1.165, 1.54) is 0 Å². The zero-order valence-electron chi connectivity index (χ0n) is 21.9. The Kier molecular flexibility index (Phi) is 12.5. The number of dihydropyridines is 1. The molecule has 0 fully saturated rings. The molecule has 0 saturated carbocycles. The van der Waals surface area contributed by atoms with Crippen molar-refractivity contribution in [3.05, 3.63) is 85.0 Å². The summed E-state index contributed by atoms with van der Waals surface area (Å²) in [7, 11) is 0. The van der Waals surface area contributed by atoms with Crippen molar-refractivity contribution >= 4 is 61.9 Å². The molecule has 0 amide bonds. The number of aryl methyl sites for hydroxylation is 1. The molecule has 198 valence electrons. The van der Waals surface area contributed by atoms with Gasteiger partial charge in [-0.05, 0) is 102 Å². The first-order chi connectivity index (χ1) is 18.0. The van der Waals surface area contributed by atoms with E-state index < -0.39 is 0 Å². The van der Waals surface area contributed by atoms with Gasteiger partial charge in [0.05, 0.1) is 12.7 Å². The fraction of sp³-hybridized carbons (Fsp3) is 0.367. The van der Waals surface area contributed by atoms with E-state index in [2.05, 4.69) is 88.3 Å². The van der Waals surface area contributed by atoms with Crippen LogP contribution in [-0.4, -0.2) is 36.9 Å². The lowest BCUT2D eigenvalue weighted by Crippen LogP contribution is -2.28. The number of para-hydroxylation sites is 1. The summed E-state index contributed by atoms with van der Waals surface area (Å²) in [6, 6.07) is 11.7. The molecule has 2 aromatic carbocycles. The van der Waals surface area contributed by atoms with Gasteiger partial charge in [0.15, 0.2) is 5.78 Å². The number of allylic oxidation sites excluding steroid dienone is 2. The molecule has 0 atom stereocenters. The number of furan rings is 1. The van der Waals surface area contributed by atoms with Gasteiger partial charge in [-0.1, -0.05) is 57.5 Å². The monoisotopic (exact) mass is 726 g/mol. The first kappa shape index (κ1) is 29.7. The number of likely N-dealkylation sites (N-methyl/N-ethyl adjacent to an activating group) is 1. The largest absolute Gasteiger partial charge is 0.490 e. The minimum atomic E-state index is 0.0153. The van der Waals surface area contributed by atoms with E-state index in [0.29, 0.717) is 17.7 Å². The Morgan fingerprint density at radius 2 is 1.73 bits per heavy atom. The highest BCUT2D eigenvalue weighted by molar-refractivity contribution is 14.1. The van der Waals surface area contributed by atoms with Gasteiger partial charge in [0.25, 0.3) is 0 Å². The number of nitrogens with zero attached hydrogens (tertiary/aromatic N) is 1. The molecule has 0 saturated heterocycles. The summed E-state index contributed by atoms with van der Waals surface area (Å²) < 4.78 is 14.1. The Labute approximate surface area is 248 Å². The highest BCUT2D eigenvalue weighted by Gasteiger charge is 2.23. The van der Waals surface area contributed by atoms with Crippen LogP contribution in [0.5, 0.6) is 5.75 Å². The lowest BCUT2D eigenvalue weighted by molar-refractivity contribution is 0.103. The lowest BCUT2D eigenvalue weighted by Gasteiger charge is -2.19. The van der Waals surface area contributed by atoms with E-state index in [-0.39, 0.29) is 5.78 Å². The number of nitrogens with one attached hydrogen (secondary N) is 1. The van der Waals surface area contributed by atoms with Crippen molar-refractivity contribution in [1.29, 1.82) is 0 Å². The summed E-state index contributed by atoms with van der Waals surface area (Å²) in [5.74, 6) is 1.66. The van der Waals surface area contributed by atoms with Crippen LogP contribution < -0.4 is 10.1 Å². The van der Waals surface area contributed by atoms with Gasteiger partial charge in [0.2, 0.25) is 0 Å². The molecule has 0 radical (unpaired) electrons. The first-order valence-corrected chi connectivity index (χ1v) is 15.1. The van der Waals surface area contributed by atoms with Gasteiger partial charge in [-0.3, -0.25) is 4.79 Å². The van der Waals surface area contributed by atoms with Crippen LogP contribution in [0.1, 0.15) is 61.7 Å². The highest BCUT2D eigenvalue weighted by atomic mass is 127. The predicted molar refractivity (Wildman–Crippen MR) is 169 cm³/mol. The summed E-state index contributed by atoms with van der Waals surface area (Å²) in [4.78, 5) is 15.9. The van der Waals surface area contributed by atoms with Gasteiger partial charge in [-0.15, -0.1) is 0 Å². The van der Waals surface area contributed by atoms with Crippen LogP contribution in [0.2, 0.25) is 0 Å². The molecule has 4 rings (SSSR count). The average Bonchev–Trinajstić information content (AvgIpc) is 3.30. The molecule has 0 aliphatic carbocycles. The second-order valence-corrected chi connectivity index (χ2v) is 11.0. The molecular formula is C30H36I2N2O3. The standard InChI is InChI=1S/C25H29I2NO3.C5H7N/c1-4-7-11-22-23(18-10-8-9-12-21(18)31-22)24(29)17-15-19(26)25(20(27)16-17)30-14-13-28(5-2)6-3;1-2-4-6-5-3-1/h8-10,12,15-16H,4-7,11,13-14H2,1-3H3;2-6H,1H2. The fourth-order valence-corrected chi connectivity index (χ4v) is 6.13. The Bertz CT molecular complexity index is 1190. The van der Waals surface area contributed by atoms with Crippen molar-refractivity contribution in [1.82, 2.24) is 10.2 Å². The maximum Gasteiger partial charge on any atom is 0.197 e. The molecule has 3 aromatic rings. The van der Waals surface area contributed by atoms with Crippen LogP contribution in [0, 0.1) is 7.14 Å². The normalized spacial score (nSPS) is 12.4. The summed E-state index contributed by atoms with van der Waals surface area (Å²) in [5, 5.41) is 3.82. The fourth-order valence-electron chi connectivity index (χ4n) is 4.05.